The van der Waals surface area contributed by atoms with Crippen molar-refractivity contribution in [1.29, 1.82) is 0 Å². The number of pyridine rings is 1. The monoisotopic (exact) mass is 287 g/mol. The Morgan fingerprint density at radius 2 is 2.00 bits per heavy atom. The van der Waals surface area contributed by atoms with Crippen molar-refractivity contribution in [2.75, 3.05) is 0 Å². The molecular weight excluding hydrogens is 266 g/mol. The topological polar surface area (TPSA) is 62.3 Å². The van der Waals surface area contributed by atoms with Crippen molar-refractivity contribution < 1.29 is 9.59 Å². The molecule has 2 fully saturated rings. The average molecular weight is 287 g/mol. The van der Waals surface area contributed by atoms with E-state index in [1.807, 2.05) is 18.2 Å². The van der Waals surface area contributed by atoms with Crippen LogP contribution in [0.2, 0.25) is 0 Å². The van der Waals surface area contributed by atoms with E-state index >= 15 is 0 Å². The lowest BCUT2D eigenvalue weighted by atomic mass is 9.98. The maximum Gasteiger partial charge on any atom is 0.325 e. The third-order valence-electron chi connectivity index (χ3n) is 4.44. The van der Waals surface area contributed by atoms with E-state index in [0.29, 0.717) is 5.92 Å². The second-order valence-corrected chi connectivity index (χ2v) is 6.32. The molecular formula is C16H21N3O2. The molecule has 1 aromatic rings. The SMILES string of the molecule is CC(C)c1cccc(CN2C(=O)NC3(CCCC3)C2=O)n1. The Bertz CT molecular complexity index is 577. The number of aromatic nitrogens is 1. The van der Waals surface area contributed by atoms with Gasteiger partial charge in [0.15, 0.2) is 0 Å². The molecule has 1 aliphatic carbocycles. The van der Waals surface area contributed by atoms with Crippen molar-refractivity contribution in [2.45, 2.75) is 57.5 Å². The molecule has 0 unspecified atom stereocenters. The van der Waals surface area contributed by atoms with Crippen LogP contribution in [0.1, 0.15) is 56.8 Å². The molecule has 1 aromatic heterocycles. The summed E-state index contributed by atoms with van der Waals surface area (Å²) in [5.74, 6) is 0.246. The van der Waals surface area contributed by atoms with Crippen LogP contribution in [0.15, 0.2) is 18.2 Å². The van der Waals surface area contributed by atoms with Gasteiger partial charge in [-0.1, -0.05) is 32.8 Å². The Kier molecular flexibility index (Phi) is 3.43. The van der Waals surface area contributed by atoms with Crippen molar-refractivity contribution in [3.63, 3.8) is 0 Å². The number of rotatable bonds is 3. The summed E-state index contributed by atoms with van der Waals surface area (Å²) in [6, 6.07) is 5.49. The normalized spacial score (nSPS) is 20.6. The highest BCUT2D eigenvalue weighted by Crippen LogP contribution is 2.35. The van der Waals surface area contributed by atoms with Crippen LogP contribution < -0.4 is 5.32 Å². The van der Waals surface area contributed by atoms with Gasteiger partial charge in [-0.2, -0.15) is 0 Å². The zero-order valence-electron chi connectivity index (χ0n) is 12.6. The molecule has 21 heavy (non-hydrogen) atoms. The Hall–Kier alpha value is -1.91. The highest BCUT2D eigenvalue weighted by Gasteiger charge is 2.52. The fourth-order valence-corrected chi connectivity index (χ4v) is 3.21. The summed E-state index contributed by atoms with van der Waals surface area (Å²) >= 11 is 0. The van der Waals surface area contributed by atoms with E-state index in [1.54, 1.807) is 0 Å². The lowest BCUT2D eigenvalue weighted by Crippen LogP contribution is -2.44. The number of carbonyl (C=O) groups is 2. The van der Waals surface area contributed by atoms with Gasteiger partial charge in [0.2, 0.25) is 0 Å². The molecule has 3 rings (SSSR count). The van der Waals surface area contributed by atoms with Gasteiger partial charge < -0.3 is 5.32 Å². The number of hydrogen-bond acceptors (Lipinski definition) is 3. The molecule has 0 aromatic carbocycles. The van der Waals surface area contributed by atoms with Gasteiger partial charge in [-0.25, -0.2) is 4.79 Å². The zero-order chi connectivity index (χ0) is 15.0. The Labute approximate surface area is 124 Å². The van der Waals surface area contributed by atoms with Gasteiger partial charge >= 0.3 is 6.03 Å². The first kappa shape index (κ1) is 14.0. The summed E-state index contributed by atoms with van der Waals surface area (Å²) in [6.07, 6.45) is 3.52. The molecule has 2 heterocycles. The van der Waals surface area contributed by atoms with Crippen molar-refractivity contribution >= 4 is 11.9 Å². The molecule has 1 aliphatic heterocycles. The summed E-state index contributed by atoms with van der Waals surface area (Å²) in [7, 11) is 0. The number of carbonyl (C=O) groups excluding carboxylic acids is 2. The van der Waals surface area contributed by atoms with E-state index < -0.39 is 5.54 Å². The molecule has 0 bridgehead atoms. The van der Waals surface area contributed by atoms with Crippen LogP contribution in [0.3, 0.4) is 0 Å². The predicted molar refractivity (Wildman–Crippen MR) is 78.6 cm³/mol. The summed E-state index contributed by atoms with van der Waals surface area (Å²) in [5, 5.41) is 2.90. The Morgan fingerprint density at radius 1 is 1.29 bits per heavy atom. The second-order valence-electron chi connectivity index (χ2n) is 6.32. The number of nitrogens with zero attached hydrogens (tertiary/aromatic N) is 2. The van der Waals surface area contributed by atoms with Gasteiger partial charge in [0.25, 0.3) is 5.91 Å². The minimum Gasteiger partial charge on any atom is -0.323 e. The molecule has 0 atom stereocenters. The first-order valence-electron chi connectivity index (χ1n) is 7.62. The van der Waals surface area contributed by atoms with Crippen LogP contribution in [0.25, 0.3) is 0 Å². The average Bonchev–Trinajstić information content (AvgIpc) is 3.01. The van der Waals surface area contributed by atoms with Gasteiger partial charge in [-0.3, -0.25) is 14.7 Å². The second kappa shape index (κ2) is 5.13. The highest BCUT2D eigenvalue weighted by atomic mass is 16.2. The number of nitrogens with one attached hydrogen (secondary N) is 1. The van der Waals surface area contributed by atoms with Crippen molar-refractivity contribution in [3.8, 4) is 0 Å². The number of amides is 3. The maximum absolute atomic E-state index is 12.6. The van der Waals surface area contributed by atoms with Crippen LogP contribution >= 0.6 is 0 Å². The summed E-state index contributed by atoms with van der Waals surface area (Å²) in [4.78, 5) is 30.6. The first-order valence-corrected chi connectivity index (χ1v) is 7.62. The van der Waals surface area contributed by atoms with Gasteiger partial charge in [-0.15, -0.1) is 0 Å². The summed E-state index contributed by atoms with van der Waals surface area (Å²) < 4.78 is 0. The molecule has 0 radical (unpaired) electrons. The fourth-order valence-electron chi connectivity index (χ4n) is 3.21. The number of hydrogen-bond donors (Lipinski definition) is 1. The van der Waals surface area contributed by atoms with Crippen LogP contribution in [0, 0.1) is 0 Å². The molecule has 5 nitrogen and oxygen atoms in total. The predicted octanol–water partition coefficient (Wildman–Crippen LogP) is 2.57. The van der Waals surface area contributed by atoms with Crippen LogP contribution in [0.5, 0.6) is 0 Å². The van der Waals surface area contributed by atoms with Gasteiger partial charge in [0.05, 0.1) is 12.2 Å². The smallest absolute Gasteiger partial charge is 0.323 e. The van der Waals surface area contributed by atoms with Crippen molar-refractivity contribution in [2.24, 2.45) is 0 Å². The zero-order valence-corrected chi connectivity index (χ0v) is 12.6. The molecule has 5 heteroatoms. The number of imide groups is 1. The standard InChI is InChI=1S/C16H21N3O2/c1-11(2)13-7-5-6-12(17-13)10-19-14(20)16(18-15(19)21)8-3-4-9-16/h5-7,11H,3-4,8-10H2,1-2H3,(H,18,21). The molecule has 1 N–H and O–H groups in total. The molecule has 1 saturated heterocycles. The molecule has 2 aliphatic rings. The Balaban J connectivity index is 1.80. The van der Waals surface area contributed by atoms with Gasteiger partial charge in [-0.05, 0) is 30.9 Å². The molecule has 1 spiro atoms. The minimum absolute atomic E-state index is 0.0817. The highest BCUT2D eigenvalue weighted by molar-refractivity contribution is 6.07. The van der Waals surface area contributed by atoms with E-state index in [9.17, 15) is 9.59 Å². The molecule has 3 amide bonds. The van der Waals surface area contributed by atoms with Crippen molar-refractivity contribution in [3.05, 3.63) is 29.6 Å². The van der Waals surface area contributed by atoms with E-state index in [-0.39, 0.29) is 18.5 Å². The van der Waals surface area contributed by atoms with Crippen LogP contribution in [-0.2, 0) is 11.3 Å². The largest absolute Gasteiger partial charge is 0.325 e. The lowest BCUT2D eigenvalue weighted by Gasteiger charge is -2.20. The number of urea groups is 1. The quantitative estimate of drug-likeness (QED) is 0.869. The first-order chi connectivity index (χ1) is 10.0. The molecule has 1 saturated carbocycles. The van der Waals surface area contributed by atoms with E-state index in [0.717, 1.165) is 37.1 Å². The summed E-state index contributed by atoms with van der Waals surface area (Å²) in [6.45, 7) is 4.41. The van der Waals surface area contributed by atoms with Crippen molar-refractivity contribution in [1.82, 2.24) is 15.2 Å². The van der Waals surface area contributed by atoms with E-state index in [4.69, 9.17) is 0 Å². The fraction of sp³-hybridized carbons (Fsp3) is 0.562. The third kappa shape index (κ3) is 2.41. The Morgan fingerprint density at radius 3 is 2.67 bits per heavy atom. The van der Waals surface area contributed by atoms with E-state index in [1.165, 1.54) is 4.90 Å². The maximum atomic E-state index is 12.6. The van der Waals surface area contributed by atoms with Gasteiger partial charge in [0, 0.05) is 5.69 Å². The molecule has 112 valence electrons. The lowest BCUT2D eigenvalue weighted by molar-refractivity contribution is -0.131. The van der Waals surface area contributed by atoms with Crippen LogP contribution in [0.4, 0.5) is 4.79 Å². The minimum atomic E-state index is -0.632. The third-order valence-corrected chi connectivity index (χ3v) is 4.44. The van der Waals surface area contributed by atoms with E-state index in [2.05, 4.69) is 24.1 Å². The van der Waals surface area contributed by atoms with Gasteiger partial charge in [0.1, 0.15) is 5.54 Å². The van der Waals surface area contributed by atoms with Crippen LogP contribution in [-0.4, -0.2) is 27.4 Å². The summed E-state index contributed by atoms with van der Waals surface area (Å²) in [5.41, 5.74) is 1.11.